The second-order valence-electron chi connectivity index (χ2n) is 5.30. The van der Waals surface area contributed by atoms with Crippen LogP contribution in [0.25, 0.3) is 6.08 Å². The average Bonchev–Trinajstić information content (AvgIpc) is 2.70. The molecule has 1 aliphatic rings. The van der Waals surface area contributed by atoms with Crippen molar-refractivity contribution in [2.45, 2.75) is 32.6 Å². The Morgan fingerprint density at radius 3 is 2.52 bits per heavy atom. The van der Waals surface area contributed by atoms with Crippen LogP contribution in [0.1, 0.15) is 38.2 Å². The van der Waals surface area contributed by atoms with Crippen molar-refractivity contribution >= 4 is 29.3 Å². The van der Waals surface area contributed by atoms with E-state index < -0.39 is 0 Å². The number of hydrogen-bond acceptors (Lipinski definition) is 2. The molecule has 0 aliphatic carbocycles. The molecule has 21 heavy (non-hydrogen) atoms. The minimum atomic E-state index is 0.0165. The molecule has 1 aliphatic heterocycles. The van der Waals surface area contributed by atoms with Gasteiger partial charge in [0.2, 0.25) is 0 Å². The fourth-order valence-corrected chi connectivity index (χ4v) is 2.68. The summed E-state index contributed by atoms with van der Waals surface area (Å²) in [5.41, 5.74) is 1.67. The monoisotopic (exact) mass is 302 g/mol. The van der Waals surface area contributed by atoms with E-state index >= 15 is 0 Å². The van der Waals surface area contributed by atoms with Gasteiger partial charge in [0.15, 0.2) is 5.11 Å². The van der Waals surface area contributed by atoms with E-state index in [-0.39, 0.29) is 5.91 Å². The number of amides is 1. The van der Waals surface area contributed by atoms with Crippen molar-refractivity contribution in [3.8, 4) is 0 Å². The van der Waals surface area contributed by atoms with Crippen LogP contribution in [-0.4, -0.2) is 34.4 Å². The summed E-state index contributed by atoms with van der Waals surface area (Å²) in [6, 6.07) is 9.87. The van der Waals surface area contributed by atoms with Gasteiger partial charge in [-0.05, 0) is 30.3 Å². The van der Waals surface area contributed by atoms with E-state index in [4.69, 9.17) is 12.2 Å². The van der Waals surface area contributed by atoms with Crippen molar-refractivity contribution in [2.24, 2.45) is 0 Å². The maximum Gasteiger partial charge on any atom is 0.276 e. The largest absolute Gasteiger partial charge is 0.317 e. The van der Waals surface area contributed by atoms with Gasteiger partial charge in [0.1, 0.15) is 5.70 Å². The Labute approximate surface area is 132 Å². The topological polar surface area (TPSA) is 23.6 Å². The summed E-state index contributed by atoms with van der Waals surface area (Å²) in [5, 5.41) is 0.610. The minimum absolute atomic E-state index is 0.0165. The van der Waals surface area contributed by atoms with E-state index in [2.05, 4.69) is 6.92 Å². The number of rotatable bonds is 6. The molecule has 0 unspecified atom stereocenters. The molecule has 1 heterocycles. The first-order chi connectivity index (χ1) is 10.1. The molecule has 1 fully saturated rings. The molecule has 1 amide bonds. The molecule has 3 nitrogen and oxygen atoms in total. The normalized spacial score (nSPS) is 17.1. The standard InChI is InChI=1S/C17H22N2OS/c1-3-4-5-9-12-19-16(20)15(18(2)17(19)21)13-14-10-7-6-8-11-14/h6-8,10-11,13H,3-5,9,12H2,1-2H3. The van der Waals surface area contributed by atoms with Crippen molar-refractivity contribution < 1.29 is 4.79 Å². The van der Waals surface area contributed by atoms with Crippen LogP contribution < -0.4 is 0 Å². The van der Waals surface area contributed by atoms with E-state index in [0.717, 1.165) is 18.4 Å². The lowest BCUT2D eigenvalue weighted by Crippen LogP contribution is -2.32. The van der Waals surface area contributed by atoms with Gasteiger partial charge in [-0.15, -0.1) is 0 Å². The molecule has 0 N–H and O–H groups in total. The van der Waals surface area contributed by atoms with Gasteiger partial charge in [0.25, 0.3) is 5.91 Å². The minimum Gasteiger partial charge on any atom is -0.317 e. The van der Waals surface area contributed by atoms with Crippen LogP contribution in [-0.2, 0) is 4.79 Å². The Balaban J connectivity index is 2.09. The van der Waals surface area contributed by atoms with Crippen molar-refractivity contribution in [1.82, 2.24) is 9.80 Å². The van der Waals surface area contributed by atoms with Crippen LogP contribution in [0.5, 0.6) is 0 Å². The fraction of sp³-hybridized carbons (Fsp3) is 0.412. The van der Waals surface area contributed by atoms with Crippen LogP contribution in [0.4, 0.5) is 0 Å². The number of carbonyl (C=O) groups is 1. The third-order valence-electron chi connectivity index (χ3n) is 3.68. The highest BCUT2D eigenvalue weighted by Crippen LogP contribution is 2.22. The van der Waals surface area contributed by atoms with Gasteiger partial charge < -0.3 is 4.90 Å². The number of likely N-dealkylation sites (N-methyl/N-ethyl adjacent to an activating group) is 1. The summed E-state index contributed by atoms with van der Waals surface area (Å²) in [5.74, 6) is 0.0165. The van der Waals surface area contributed by atoms with Gasteiger partial charge in [0.05, 0.1) is 0 Å². The Morgan fingerprint density at radius 1 is 1.14 bits per heavy atom. The van der Waals surface area contributed by atoms with Crippen molar-refractivity contribution in [3.05, 3.63) is 41.6 Å². The van der Waals surface area contributed by atoms with Crippen LogP contribution in [0.3, 0.4) is 0 Å². The van der Waals surface area contributed by atoms with E-state index in [1.54, 1.807) is 4.90 Å². The van der Waals surface area contributed by atoms with Crippen LogP contribution in [0.15, 0.2) is 36.0 Å². The zero-order valence-electron chi connectivity index (χ0n) is 12.7. The Kier molecular flexibility index (Phi) is 5.51. The van der Waals surface area contributed by atoms with E-state index in [1.165, 1.54) is 12.8 Å². The van der Waals surface area contributed by atoms with Gasteiger partial charge in [0, 0.05) is 13.6 Å². The number of unbranched alkanes of at least 4 members (excludes halogenated alkanes) is 3. The van der Waals surface area contributed by atoms with Crippen molar-refractivity contribution in [3.63, 3.8) is 0 Å². The van der Waals surface area contributed by atoms with Crippen molar-refractivity contribution in [2.75, 3.05) is 13.6 Å². The molecule has 0 aromatic heterocycles. The summed E-state index contributed by atoms with van der Waals surface area (Å²) in [6.45, 7) is 2.90. The first kappa shape index (κ1) is 15.7. The highest BCUT2D eigenvalue weighted by molar-refractivity contribution is 7.80. The van der Waals surface area contributed by atoms with Gasteiger partial charge >= 0.3 is 0 Å². The molecule has 112 valence electrons. The molecule has 4 heteroatoms. The van der Waals surface area contributed by atoms with E-state index in [0.29, 0.717) is 17.4 Å². The van der Waals surface area contributed by atoms with Gasteiger partial charge in [-0.1, -0.05) is 56.5 Å². The molecule has 0 saturated carbocycles. The second kappa shape index (κ2) is 7.36. The number of thiocarbonyl (C=S) groups is 1. The Bertz CT molecular complexity index is 539. The van der Waals surface area contributed by atoms with E-state index in [1.807, 2.05) is 48.4 Å². The lowest BCUT2D eigenvalue weighted by atomic mass is 10.2. The molecule has 0 bridgehead atoms. The zero-order valence-corrected chi connectivity index (χ0v) is 13.5. The molecule has 1 aromatic rings. The molecule has 0 atom stereocenters. The summed E-state index contributed by atoms with van der Waals surface area (Å²) in [6.07, 6.45) is 6.45. The van der Waals surface area contributed by atoms with Crippen LogP contribution >= 0.6 is 12.2 Å². The summed E-state index contributed by atoms with van der Waals surface area (Å²) >= 11 is 5.40. The maximum absolute atomic E-state index is 12.5. The highest BCUT2D eigenvalue weighted by Gasteiger charge is 2.34. The average molecular weight is 302 g/mol. The SMILES string of the molecule is CCCCCCN1C(=O)C(=Cc2ccccc2)N(C)C1=S. The highest BCUT2D eigenvalue weighted by atomic mass is 32.1. The molecule has 1 saturated heterocycles. The van der Waals surface area contributed by atoms with Gasteiger partial charge in [-0.25, -0.2) is 0 Å². The third kappa shape index (κ3) is 3.70. The summed E-state index contributed by atoms with van der Waals surface area (Å²) < 4.78 is 0. The van der Waals surface area contributed by atoms with Gasteiger partial charge in [-0.2, -0.15) is 0 Å². The molecular formula is C17H22N2OS. The van der Waals surface area contributed by atoms with Crippen LogP contribution in [0.2, 0.25) is 0 Å². The molecule has 0 spiro atoms. The number of hydrogen-bond donors (Lipinski definition) is 0. The summed E-state index contributed by atoms with van der Waals surface area (Å²) in [7, 11) is 1.86. The Morgan fingerprint density at radius 2 is 1.86 bits per heavy atom. The second-order valence-corrected chi connectivity index (χ2v) is 5.66. The zero-order chi connectivity index (χ0) is 15.2. The first-order valence-electron chi connectivity index (χ1n) is 7.51. The lowest BCUT2D eigenvalue weighted by molar-refractivity contribution is -0.122. The maximum atomic E-state index is 12.5. The number of nitrogens with zero attached hydrogens (tertiary/aromatic N) is 2. The third-order valence-corrected chi connectivity index (χ3v) is 4.18. The predicted octanol–water partition coefficient (Wildman–Crippen LogP) is 3.67. The molecule has 2 rings (SSSR count). The fourth-order valence-electron chi connectivity index (χ4n) is 2.41. The first-order valence-corrected chi connectivity index (χ1v) is 7.92. The summed E-state index contributed by atoms with van der Waals surface area (Å²) in [4.78, 5) is 16.1. The van der Waals surface area contributed by atoms with E-state index in [9.17, 15) is 4.79 Å². The molecular weight excluding hydrogens is 280 g/mol. The Hall–Kier alpha value is -1.68. The van der Waals surface area contributed by atoms with Gasteiger partial charge in [-0.3, -0.25) is 9.69 Å². The molecule has 1 aromatic carbocycles. The number of carbonyl (C=O) groups excluding carboxylic acids is 1. The number of benzene rings is 1. The quantitative estimate of drug-likeness (QED) is 0.455. The van der Waals surface area contributed by atoms with Crippen LogP contribution in [0, 0.1) is 0 Å². The lowest BCUT2D eigenvalue weighted by Gasteiger charge is -2.16. The van der Waals surface area contributed by atoms with Crippen molar-refractivity contribution in [1.29, 1.82) is 0 Å². The molecule has 0 radical (unpaired) electrons. The smallest absolute Gasteiger partial charge is 0.276 e. The predicted molar refractivity (Wildman–Crippen MR) is 90.6 cm³/mol.